The summed E-state index contributed by atoms with van der Waals surface area (Å²) < 4.78 is 5.09. The summed E-state index contributed by atoms with van der Waals surface area (Å²) in [7, 11) is 1.71. The molecule has 2 aromatic rings. The highest BCUT2D eigenvalue weighted by atomic mass is 16.5. The van der Waals surface area contributed by atoms with E-state index >= 15 is 0 Å². The first-order chi connectivity index (χ1) is 11.9. The highest BCUT2D eigenvalue weighted by Gasteiger charge is 2.24. The highest BCUT2D eigenvalue weighted by Crippen LogP contribution is 2.28. The second kappa shape index (κ2) is 6.89. The van der Waals surface area contributed by atoms with Gasteiger partial charge in [0.25, 0.3) is 0 Å². The molecule has 1 aliphatic heterocycles. The van der Waals surface area contributed by atoms with Gasteiger partial charge in [-0.1, -0.05) is 29.8 Å². The summed E-state index contributed by atoms with van der Waals surface area (Å²) in [6.45, 7) is 1.68. The number of anilines is 1. The van der Waals surface area contributed by atoms with Crippen LogP contribution in [-0.2, 0) is 27.2 Å². The van der Waals surface area contributed by atoms with Crippen molar-refractivity contribution in [3.05, 3.63) is 64.7 Å². The number of carbonyl (C=O) groups is 3. The van der Waals surface area contributed by atoms with Crippen LogP contribution >= 0.6 is 0 Å². The third-order valence-electron chi connectivity index (χ3n) is 4.31. The lowest BCUT2D eigenvalue weighted by molar-refractivity contribution is -0.141. The molecule has 25 heavy (non-hydrogen) atoms. The predicted molar refractivity (Wildman–Crippen MR) is 93.7 cm³/mol. The van der Waals surface area contributed by atoms with E-state index in [1.807, 2.05) is 31.2 Å². The molecule has 1 heterocycles. The van der Waals surface area contributed by atoms with Crippen LogP contribution in [0.25, 0.3) is 0 Å². The monoisotopic (exact) mass is 337 g/mol. The van der Waals surface area contributed by atoms with Gasteiger partial charge in [-0.15, -0.1) is 0 Å². The molecule has 0 saturated carbocycles. The van der Waals surface area contributed by atoms with E-state index in [0.29, 0.717) is 12.0 Å². The Morgan fingerprint density at radius 2 is 1.84 bits per heavy atom. The first-order valence-electron chi connectivity index (χ1n) is 8.08. The Hall–Kier alpha value is -2.95. The number of ketones is 1. The van der Waals surface area contributed by atoms with Gasteiger partial charge in [0.1, 0.15) is 0 Å². The van der Waals surface area contributed by atoms with Crippen molar-refractivity contribution in [2.45, 2.75) is 19.8 Å². The summed E-state index contributed by atoms with van der Waals surface area (Å²) in [5.41, 5.74) is 4.06. The number of benzene rings is 2. The minimum absolute atomic E-state index is 0.00382. The molecule has 0 fully saturated rings. The Bertz CT molecular complexity index is 839. The van der Waals surface area contributed by atoms with E-state index in [2.05, 4.69) is 0 Å². The average Bonchev–Trinajstić information content (AvgIpc) is 2.88. The molecule has 2 aromatic carbocycles. The molecule has 3 rings (SSSR count). The second-order valence-electron chi connectivity index (χ2n) is 6.22. The van der Waals surface area contributed by atoms with Gasteiger partial charge >= 0.3 is 5.97 Å². The zero-order valence-electron chi connectivity index (χ0n) is 14.2. The largest absolute Gasteiger partial charge is 0.457 e. The summed E-state index contributed by atoms with van der Waals surface area (Å²) in [6.07, 6.45) is 0.428. The third kappa shape index (κ3) is 3.76. The van der Waals surface area contributed by atoms with Crippen LogP contribution in [0.4, 0.5) is 5.69 Å². The first-order valence-corrected chi connectivity index (χ1v) is 8.08. The van der Waals surface area contributed by atoms with Gasteiger partial charge in [-0.25, -0.2) is 0 Å². The number of carbonyl (C=O) groups excluding carboxylic acids is 3. The van der Waals surface area contributed by atoms with Crippen molar-refractivity contribution >= 4 is 23.3 Å². The Kier molecular flexibility index (Phi) is 4.65. The van der Waals surface area contributed by atoms with Gasteiger partial charge in [0.05, 0.1) is 12.8 Å². The Labute approximate surface area is 146 Å². The number of Topliss-reactive ketones (excluding diaryl/α,β-unsaturated/α-hetero) is 1. The van der Waals surface area contributed by atoms with Gasteiger partial charge in [0.15, 0.2) is 12.4 Å². The molecule has 0 spiro atoms. The molecule has 0 N–H and O–H groups in total. The quantitative estimate of drug-likeness (QED) is 0.621. The lowest BCUT2D eigenvalue weighted by atomic mass is 10.1. The molecule has 0 aromatic heterocycles. The smallest absolute Gasteiger partial charge is 0.310 e. The zero-order valence-corrected chi connectivity index (χ0v) is 14.2. The van der Waals surface area contributed by atoms with E-state index in [4.69, 9.17) is 4.74 Å². The van der Waals surface area contributed by atoms with Crippen LogP contribution in [0.15, 0.2) is 42.5 Å². The molecule has 5 heteroatoms. The number of aryl methyl sites for hydroxylation is 1. The van der Waals surface area contributed by atoms with Gasteiger partial charge in [-0.3, -0.25) is 14.4 Å². The lowest BCUT2D eigenvalue weighted by Crippen LogP contribution is -2.20. The molecule has 0 radical (unpaired) electrons. The average molecular weight is 337 g/mol. The molecule has 5 nitrogen and oxygen atoms in total. The zero-order chi connectivity index (χ0) is 18.0. The molecule has 0 atom stereocenters. The molecule has 1 aliphatic rings. The number of amides is 1. The van der Waals surface area contributed by atoms with Gasteiger partial charge in [0, 0.05) is 18.3 Å². The Morgan fingerprint density at radius 3 is 2.56 bits per heavy atom. The Balaban J connectivity index is 1.58. The maximum absolute atomic E-state index is 12.2. The minimum Gasteiger partial charge on any atom is -0.457 e. The van der Waals surface area contributed by atoms with Crippen LogP contribution in [0.1, 0.15) is 27.0 Å². The number of nitrogens with zero attached hydrogens (tertiary/aromatic N) is 1. The van der Waals surface area contributed by atoms with Crippen LogP contribution in [0.2, 0.25) is 0 Å². The minimum atomic E-state index is -0.437. The molecule has 0 unspecified atom stereocenters. The van der Waals surface area contributed by atoms with Crippen LogP contribution in [0, 0.1) is 6.92 Å². The number of hydrogen-bond donors (Lipinski definition) is 0. The van der Waals surface area contributed by atoms with Crippen LogP contribution in [-0.4, -0.2) is 31.3 Å². The van der Waals surface area contributed by atoms with E-state index in [1.54, 1.807) is 30.1 Å². The van der Waals surface area contributed by atoms with Crippen molar-refractivity contribution in [2.24, 2.45) is 0 Å². The summed E-state index contributed by atoms with van der Waals surface area (Å²) in [5, 5.41) is 0. The lowest BCUT2D eigenvalue weighted by Gasteiger charge is -2.10. The van der Waals surface area contributed by atoms with Gasteiger partial charge < -0.3 is 9.64 Å². The van der Waals surface area contributed by atoms with Crippen molar-refractivity contribution in [2.75, 3.05) is 18.6 Å². The summed E-state index contributed by atoms with van der Waals surface area (Å²) in [6, 6.07) is 12.7. The Morgan fingerprint density at radius 1 is 1.12 bits per heavy atom. The topological polar surface area (TPSA) is 63.7 Å². The van der Waals surface area contributed by atoms with Gasteiger partial charge in [0.2, 0.25) is 5.91 Å². The molecular formula is C20H19NO4. The highest BCUT2D eigenvalue weighted by molar-refractivity contribution is 6.03. The molecule has 0 saturated heterocycles. The fourth-order valence-electron chi connectivity index (χ4n) is 2.80. The summed E-state index contributed by atoms with van der Waals surface area (Å²) in [4.78, 5) is 37.4. The SMILES string of the molecule is Cc1ccc(CC(=O)OCC(=O)c2ccc3c(c2)CC(=O)N3C)cc1. The van der Waals surface area contributed by atoms with Crippen molar-refractivity contribution in [3.63, 3.8) is 0 Å². The predicted octanol–water partition coefficient (Wildman–Crippen LogP) is 2.48. The number of likely N-dealkylation sites (N-methyl/N-ethyl adjacent to an activating group) is 1. The standard InChI is InChI=1S/C20H19NO4/c1-13-3-5-14(6-4-13)9-20(24)25-12-18(22)15-7-8-17-16(10-15)11-19(23)21(17)2/h3-8,10H,9,11-12H2,1-2H3. The molecular weight excluding hydrogens is 318 g/mol. The third-order valence-corrected chi connectivity index (χ3v) is 4.31. The van der Waals surface area contributed by atoms with Crippen LogP contribution in [0.3, 0.4) is 0 Å². The first kappa shape index (κ1) is 16.9. The maximum Gasteiger partial charge on any atom is 0.310 e. The summed E-state index contributed by atoms with van der Waals surface area (Å²) in [5.74, 6) is -0.709. The maximum atomic E-state index is 12.2. The van der Waals surface area contributed by atoms with E-state index in [0.717, 1.165) is 22.4 Å². The number of hydrogen-bond acceptors (Lipinski definition) is 4. The number of rotatable bonds is 5. The van der Waals surface area contributed by atoms with E-state index in [9.17, 15) is 14.4 Å². The number of fused-ring (bicyclic) bond motifs is 1. The molecule has 128 valence electrons. The summed E-state index contributed by atoms with van der Waals surface area (Å²) >= 11 is 0. The molecule has 0 aliphatic carbocycles. The van der Waals surface area contributed by atoms with E-state index < -0.39 is 5.97 Å². The fourth-order valence-corrected chi connectivity index (χ4v) is 2.80. The van der Waals surface area contributed by atoms with Crippen molar-refractivity contribution in [1.29, 1.82) is 0 Å². The van der Waals surface area contributed by atoms with Crippen molar-refractivity contribution < 1.29 is 19.1 Å². The van der Waals surface area contributed by atoms with Crippen LogP contribution in [0.5, 0.6) is 0 Å². The van der Waals surface area contributed by atoms with E-state index in [1.165, 1.54) is 0 Å². The van der Waals surface area contributed by atoms with E-state index in [-0.39, 0.29) is 24.7 Å². The fraction of sp³-hybridized carbons (Fsp3) is 0.250. The van der Waals surface area contributed by atoms with Gasteiger partial charge in [-0.05, 0) is 36.2 Å². The van der Waals surface area contributed by atoms with Crippen molar-refractivity contribution in [3.8, 4) is 0 Å². The van der Waals surface area contributed by atoms with Gasteiger partial charge in [-0.2, -0.15) is 0 Å². The normalized spacial score (nSPS) is 12.9. The second-order valence-corrected chi connectivity index (χ2v) is 6.22. The molecule has 1 amide bonds. The molecule has 0 bridgehead atoms. The van der Waals surface area contributed by atoms with Crippen molar-refractivity contribution in [1.82, 2.24) is 0 Å². The number of esters is 1. The number of ether oxygens (including phenoxy) is 1. The van der Waals surface area contributed by atoms with Crippen LogP contribution < -0.4 is 4.90 Å².